The largest absolute Gasteiger partial charge is 0.454 e. The molecule has 0 fully saturated rings. The number of hydrogen-bond donors (Lipinski definition) is 0. The lowest BCUT2D eigenvalue weighted by atomic mass is 10.1. The van der Waals surface area contributed by atoms with Crippen molar-refractivity contribution in [3.8, 4) is 5.69 Å². The number of halogens is 1. The molecule has 2 heterocycles. The van der Waals surface area contributed by atoms with Gasteiger partial charge in [-0.25, -0.2) is 14.5 Å². The second kappa shape index (κ2) is 6.84. The zero-order valence-electron chi connectivity index (χ0n) is 13.1. The van der Waals surface area contributed by atoms with E-state index < -0.39 is 5.97 Å². The highest BCUT2D eigenvalue weighted by Crippen LogP contribution is 2.19. The van der Waals surface area contributed by atoms with Crippen molar-refractivity contribution in [2.24, 2.45) is 0 Å². The van der Waals surface area contributed by atoms with E-state index in [4.69, 9.17) is 20.8 Å². The number of carbonyl (C=O) groups is 1. The molecule has 0 spiro atoms. The summed E-state index contributed by atoms with van der Waals surface area (Å²) in [6.07, 6.45) is 2.92. The molecule has 0 aliphatic carbocycles. The van der Waals surface area contributed by atoms with Gasteiger partial charge in [0.15, 0.2) is 12.1 Å². The normalized spacial score (nSPS) is 11.0. The number of benzene rings is 1. The van der Waals surface area contributed by atoms with E-state index >= 15 is 0 Å². The topological polar surface area (TPSA) is 83.0 Å². The molecule has 24 heavy (non-hydrogen) atoms. The highest BCUT2D eigenvalue weighted by molar-refractivity contribution is 6.30. The Morgan fingerprint density at radius 3 is 2.79 bits per heavy atom. The Hall–Kier alpha value is -2.67. The van der Waals surface area contributed by atoms with Crippen molar-refractivity contribution in [1.82, 2.24) is 20.0 Å². The predicted octanol–water partition coefficient (Wildman–Crippen LogP) is 3.39. The molecular formula is C16H15ClN4O3. The Morgan fingerprint density at radius 1 is 1.33 bits per heavy atom. The molecule has 0 bridgehead atoms. The highest BCUT2D eigenvalue weighted by Gasteiger charge is 2.20. The SMILES string of the molecule is CC(C)c1ocnc1C(=O)OCc1cn(-c2ccc(Cl)cc2)nn1. The van der Waals surface area contributed by atoms with Gasteiger partial charge in [0.2, 0.25) is 0 Å². The van der Waals surface area contributed by atoms with E-state index in [2.05, 4.69) is 15.3 Å². The molecule has 1 aromatic carbocycles. The quantitative estimate of drug-likeness (QED) is 0.658. The van der Waals surface area contributed by atoms with E-state index in [0.29, 0.717) is 16.5 Å². The molecule has 0 aliphatic rings. The maximum Gasteiger partial charge on any atom is 0.361 e. The number of oxazole rings is 1. The van der Waals surface area contributed by atoms with Crippen molar-refractivity contribution in [1.29, 1.82) is 0 Å². The molecule has 0 amide bonds. The van der Waals surface area contributed by atoms with Crippen LogP contribution in [0.3, 0.4) is 0 Å². The van der Waals surface area contributed by atoms with E-state index in [-0.39, 0.29) is 18.2 Å². The van der Waals surface area contributed by atoms with Crippen LogP contribution in [0.4, 0.5) is 0 Å². The lowest BCUT2D eigenvalue weighted by Crippen LogP contribution is -2.09. The molecule has 2 aromatic heterocycles. The lowest BCUT2D eigenvalue weighted by molar-refractivity contribution is 0.0458. The van der Waals surface area contributed by atoms with Crippen LogP contribution in [0.1, 0.15) is 41.7 Å². The Kier molecular flexibility index (Phi) is 4.61. The number of hydrogen-bond acceptors (Lipinski definition) is 6. The number of carbonyl (C=O) groups excluding carboxylic acids is 1. The zero-order valence-corrected chi connectivity index (χ0v) is 13.9. The van der Waals surface area contributed by atoms with Gasteiger partial charge >= 0.3 is 5.97 Å². The molecule has 0 N–H and O–H groups in total. The standard InChI is InChI=1S/C16H15ClN4O3/c1-10(2)15-14(18-9-24-15)16(22)23-8-12-7-21(20-19-12)13-5-3-11(17)4-6-13/h3-7,9-10H,8H2,1-2H3. The van der Waals surface area contributed by atoms with Crippen molar-refractivity contribution in [2.75, 3.05) is 0 Å². The first kappa shape index (κ1) is 16.2. The number of rotatable bonds is 5. The maximum atomic E-state index is 12.1. The van der Waals surface area contributed by atoms with Crippen LogP contribution in [0.2, 0.25) is 5.02 Å². The van der Waals surface area contributed by atoms with Crippen LogP contribution in [0.25, 0.3) is 5.69 Å². The monoisotopic (exact) mass is 346 g/mol. The van der Waals surface area contributed by atoms with Crippen LogP contribution in [0, 0.1) is 0 Å². The number of esters is 1. The minimum Gasteiger partial charge on any atom is -0.454 e. The summed E-state index contributed by atoms with van der Waals surface area (Å²) in [6.45, 7) is 3.82. The van der Waals surface area contributed by atoms with Gasteiger partial charge in [-0.2, -0.15) is 0 Å². The van der Waals surface area contributed by atoms with Gasteiger partial charge in [-0.15, -0.1) is 5.10 Å². The molecule has 0 atom stereocenters. The molecule has 8 heteroatoms. The Labute approximate surface area is 143 Å². The van der Waals surface area contributed by atoms with Crippen LogP contribution in [-0.4, -0.2) is 25.9 Å². The van der Waals surface area contributed by atoms with Crippen LogP contribution in [-0.2, 0) is 11.3 Å². The molecule has 124 valence electrons. The molecule has 0 aliphatic heterocycles. The van der Waals surface area contributed by atoms with Gasteiger partial charge < -0.3 is 9.15 Å². The highest BCUT2D eigenvalue weighted by atomic mass is 35.5. The number of nitrogens with zero attached hydrogens (tertiary/aromatic N) is 4. The Balaban J connectivity index is 1.66. The summed E-state index contributed by atoms with van der Waals surface area (Å²) in [5.74, 6) is -0.000795. The average Bonchev–Trinajstić information content (AvgIpc) is 3.22. The smallest absolute Gasteiger partial charge is 0.361 e. The minimum absolute atomic E-state index is 0.00316. The van der Waals surface area contributed by atoms with Crippen molar-refractivity contribution in [3.63, 3.8) is 0 Å². The van der Waals surface area contributed by atoms with Crippen LogP contribution < -0.4 is 0 Å². The van der Waals surface area contributed by atoms with Crippen LogP contribution in [0.5, 0.6) is 0 Å². The van der Waals surface area contributed by atoms with Gasteiger partial charge in [-0.05, 0) is 24.3 Å². The summed E-state index contributed by atoms with van der Waals surface area (Å²) >= 11 is 5.86. The van der Waals surface area contributed by atoms with Gasteiger partial charge in [0.05, 0.1) is 11.9 Å². The molecule has 0 saturated carbocycles. The fourth-order valence-electron chi connectivity index (χ4n) is 2.11. The first-order valence-corrected chi connectivity index (χ1v) is 7.70. The zero-order chi connectivity index (χ0) is 17.1. The summed E-state index contributed by atoms with van der Waals surface area (Å²) in [4.78, 5) is 16.0. The summed E-state index contributed by atoms with van der Waals surface area (Å²) in [7, 11) is 0. The van der Waals surface area contributed by atoms with Gasteiger partial charge in [-0.1, -0.05) is 30.7 Å². The fourth-order valence-corrected chi connectivity index (χ4v) is 2.24. The lowest BCUT2D eigenvalue weighted by Gasteiger charge is -2.04. The Bertz CT molecular complexity index is 839. The molecule has 0 unspecified atom stereocenters. The van der Waals surface area contributed by atoms with Crippen LogP contribution >= 0.6 is 11.6 Å². The molecule has 0 radical (unpaired) electrons. The molecule has 7 nitrogen and oxygen atoms in total. The molecule has 3 rings (SSSR count). The van der Waals surface area contributed by atoms with E-state index in [1.807, 2.05) is 26.0 Å². The maximum absolute atomic E-state index is 12.1. The number of aromatic nitrogens is 4. The molecular weight excluding hydrogens is 332 g/mol. The van der Waals surface area contributed by atoms with E-state index in [1.165, 1.54) is 6.39 Å². The fraction of sp³-hybridized carbons (Fsp3) is 0.250. The third-order valence-electron chi connectivity index (χ3n) is 3.30. The molecule has 0 saturated heterocycles. The van der Waals surface area contributed by atoms with Gasteiger partial charge in [0.25, 0.3) is 0 Å². The van der Waals surface area contributed by atoms with Crippen molar-refractivity contribution in [2.45, 2.75) is 26.4 Å². The molecule has 3 aromatic rings. The number of ether oxygens (including phenoxy) is 1. The van der Waals surface area contributed by atoms with Crippen molar-refractivity contribution >= 4 is 17.6 Å². The first-order chi connectivity index (χ1) is 11.5. The van der Waals surface area contributed by atoms with E-state index in [0.717, 1.165) is 5.69 Å². The van der Waals surface area contributed by atoms with E-state index in [1.54, 1.807) is 23.0 Å². The third-order valence-corrected chi connectivity index (χ3v) is 3.55. The van der Waals surface area contributed by atoms with E-state index in [9.17, 15) is 4.79 Å². The van der Waals surface area contributed by atoms with Gasteiger partial charge in [0, 0.05) is 10.9 Å². The second-order valence-corrected chi connectivity index (χ2v) is 5.86. The van der Waals surface area contributed by atoms with Gasteiger partial charge in [-0.3, -0.25) is 0 Å². The van der Waals surface area contributed by atoms with Crippen molar-refractivity contribution < 1.29 is 13.9 Å². The van der Waals surface area contributed by atoms with Crippen molar-refractivity contribution in [3.05, 3.63) is 59.0 Å². The first-order valence-electron chi connectivity index (χ1n) is 7.32. The summed E-state index contributed by atoms with van der Waals surface area (Å²) in [5.41, 5.74) is 1.52. The average molecular weight is 347 g/mol. The third kappa shape index (κ3) is 3.46. The minimum atomic E-state index is -0.548. The summed E-state index contributed by atoms with van der Waals surface area (Å²) in [5, 5.41) is 8.63. The summed E-state index contributed by atoms with van der Waals surface area (Å²) in [6, 6.07) is 7.15. The second-order valence-electron chi connectivity index (χ2n) is 5.43. The Morgan fingerprint density at radius 2 is 2.08 bits per heavy atom. The van der Waals surface area contributed by atoms with Crippen LogP contribution in [0.15, 0.2) is 41.3 Å². The van der Waals surface area contributed by atoms with Gasteiger partial charge in [0.1, 0.15) is 18.1 Å². The predicted molar refractivity (Wildman–Crippen MR) is 86.1 cm³/mol. The summed E-state index contributed by atoms with van der Waals surface area (Å²) < 4.78 is 12.0.